The summed E-state index contributed by atoms with van der Waals surface area (Å²) in [5.74, 6) is -0.533. The largest absolute Gasteiger partial charge is 0.466 e. The van der Waals surface area contributed by atoms with Gasteiger partial charge in [-0.05, 0) is 6.42 Å². The number of rotatable bonds is 8. The molecule has 0 fully saturated rings. The average molecular weight is 256 g/mol. The predicted octanol–water partition coefficient (Wildman–Crippen LogP) is 0.853. The van der Waals surface area contributed by atoms with Crippen molar-refractivity contribution in [3.63, 3.8) is 0 Å². The maximum absolute atomic E-state index is 11.0. The molecule has 0 spiro atoms. The number of ether oxygens (including phenoxy) is 1. The lowest BCUT2D eigenvalue weighted by atomic mass is 10.2. The Morgan fingerprint density at radius 1 is 1.25 bits per heavy atom. The third kappa shape index (κ3) is 13.6. The minimum atomic E-state index is -4.07. The Morgan fingerprint density at radius 2 is 1.88 bits per heavy atom. The molecule has 0 aromatic heterocycles. The standard InChI is InChI=1S/C9H19O5P.H2O/c1-2-3-4-5-7-14-9(10)6-8-15(11,12)13;/h2-8H2,1H3,(H2,11,12,13);1H2. The first-order chi connectivity index (χ1) is 6.95. The van der Waals surface area contributed by atoms with Crippen molar-refractivity contribution in [2.75, 3.05) is 12.8 Å². The van der Waals surface area contributed by atoms with E-state index in [1.807, 2.05) is 0 Å². The molecule has 0 saturated carbocycles. The van der Waals surface area contributed by atoms with Crippen molar-refractivity contribution in [2.24, 2.45) is 0 Å². The van der Waals surface area contributed by atoms with E-state index in [1.54, 1.807) is 0 Å². The summed E-state index contributed by atoms with van der Waals surface area (Å²) in [5, 5.41) is 0. The Kier molecular flexibility index (Phi) is 11.0. The van der Waals surface area contributed by atoms with Crippen LogP contribution in [0.2, 0.25) is 0 Å². The van der Waals surface area contributed by atoms with E-state index in [9.17, 15) is 9.36 Å². The number of esters is 1. The molecule has 16 heavy (non-hydrogen) atoms. The monoisotopic (exact) mass is 256 g/mol. The van der Waals surface area contributed by atoms with Gasteiger partial charge < -0.3 is 20.0 Å². The molecule has 0 aliphatic heterocycles. The van der Waals surface area contributed by atoms with Gasteiger partial charge in [0.2, 0.25) is 0 Å². The normalized spacial score (nSPS) is 10.7. The first-order valence-electron chi connectivity index (χ1n) is 5.16. The molecule has 0 amide bonds. The summed E-state index contributed by atoms with van der Waals surface area (Å²) in [6.45, 7) is 2.44. The highest BCUT2D eigenvalue weighted by molar-refractivity contribution is 7.51. The van der Waals surface area contributed by atoms with Crippen molar-refractivity contribution >= 4 is 13.6 Å². The number of carbonyl (C=O) groups is 1. The Balaban J connectivity index is 0. The second kappa shape index (κ2) is 9.78. The van der Waals surface area contributed by atoms with Crippen LogP contribution in [0.5, 0.6) is 0 Å². The van der Waals surface area contributed by atoms with Crippen LogP contribution < -0.4 is 0 Å². The van der Waals surface area contributed by atoms with Crippen LogP contribution in [0, 0.1) is 0 Å². The minimum absolute atomic E-state index is 0. The molecule has 0 saturated heterocycles. The molecule has 0 unspecified atom stereocenters. The lowest BCUT2D eigenvalue weighted by Crippen LogP contribution is -2.08. The Hall–Kier alpha value is -0.420. The van der Waals surface area contributed by atoms with Gasteiger partial charge >= 0.3 is 13.6 Å². The van der Waals surface area contributed by atoms with Gasteiger partial charge in [-0.25, -0.2) is 0 Å². The predicted molar refractivity (Wildman–Crippen MR) is 60.2 cm³/mol. The summed E-state index contributed by atoms with van der Waals surface area (Å²) in [5.41, 5.74) is 0. The van der Waals surface area contributed by atoms with E-state index in [2.05, 4.69) is 6.92 Å². The smallest absolute Gasteiger partial charge is 0.326 e. The molecule has 0 aliphatic rings. The molecule has 6 nitrogen and oxygen atoms in total. The summed E-state index contributed by atoms with van der Waals surface area (Å²) in [7, 11) is -4.07. The van der Waals surface area contributed by atoms with Gasteiger partial charge in [0, 0.05) is 0 Å². The van der Waals surface area contributed by atoms with E-state index in [0.717, 1.165) is 25.7 Å². The third-order valence-corrected chi connectivity index (χ3v) is 2.67. The van der Waals surface area contributed by atoms with E-state index in [0.29, 0.717) is 6.61 Å². The number of hydrogen-bond donors (Lipinski definition) is 2. The zero-order valence-electron chi connectivity index (χ0n) is 9.52. The first kappa shape index (κ1) is 18.0. The van der Waals surface area contributed by atoms with Crippen LogP contribution in [0.4, 0.5) is 0 Å². The number of hydrogen-bond acceptors (Lipinski definition) is 3. The Morgan fingerprint density at radius 3 is 2.38 bits per heavy atom. The minimum Gasteiger partial charge on any atom is -0.466 e. The molecular formula is C9H21O6P. The quantitative estimate of drug-likeness (QED) is 0.379. The van der Waals surface area contributed by atoms with Crippen LogP contribution in [0.25, 0.3) is 0 Å². The zero-order valence-corrected chi connectivity index (χ0v) is 10.4. The van der Waals surface area contributed by atoms with E-state index in [-0.39, 0.29) is 11.9 Å². The molecule has 0 radical (unpaired) electrons. The first-order valence-corrected chi connectivity index (χ1v) is 6.95. The molecule has 0 bridgehead atoms. The molecular weight excluding hydrogens is 235 g/mol. The molecule has 0 heterocycles. The molecule has 0 aromatic rings. The van der Waals surface area contributed by atoms with E-state index < -0.39 is 19.7 Å². The van der Waals surface area contributed by atoms with Gasteiger partial charge in [0.1, 0.15) is 0 Å². The fourth-order valence-electron chi connectivity index (χ4n) is 1.02. The second-order valence-electron chi connectivity index (χ2n) is 3.42. The molecule has 0 rings (SSSR count). The highest BCUT2D eigenvalue weighted by atomic mass is 31.2. The molecule has 0 atom stereocenters. The van der Waals surface area contributed by atoms with Gasteiger partial charge in [0.15, 0.2) is 0 Å². The van der Waals surface area contributed by atoms with Gasteiger partial charge in [-0.3, -0.25) is 9.36 Å². The summed E-state index contributed by atoms with van der Waals surface area (Å²) >= 11 is 0. The molecule has 4 N–H and O–H groups in total. The van der Waals surface area contributed by atoms with Crippen LogP contribution in [0.1, 0.15) is 39.0 Å². The Labute approximate surface area is 95.5 Å². The van der Waals surface area contributed by atoms with Crippen LogP contribution in [-0.2, 0) is 14.1 Å². The summed E-state index contributed by atoms with van der Waals surface area (Å²) < 4.78 is 15.2. The lowest BCUT2D eigenvalue weighted by Gasteiger charge is -2.05. The van der Waals surface area contributed by atoms with Gasteiger partial charge in [-0.15, -0.1) is 0 Å². The molecule has 7 heteroatoms. The average Bonchev–Trinajstić information content (AvgIpc) is 2.13. The van der Waals surface area contributed by atoms with Gasteiger partial charge in [-0.1, -0.05) is 26.2 Å². The van der Waals surface area contributed by atoms with Gasteiger partial charge in [0.25, 0.3) is 0 Å². The lowest BCUT2D eigenvalue weighted by molar-refractivity contribution is -0.143. The van der Waals surface area contributed by atoms with Crippen LogP contribution >= 0.6 is 7.60 Å². The maximum atomic E-state index is 11.0. The van der Waals surface area contributed by atoms with Gasteiger partial charge in [0.05, 0.1) is 19.2 Å². The van der Waals surface area contributed by atoms with Crippen molar-refractivity contribution in [3.05, 3.63) is 0 Å². The van der Waals surface area contributed by atoms with Crippen molar-refractivity contribution in [3.8, 4) is 0 Å². The van der Waals surface area contributed by atoms with Crippen LogP contribution in [0.15, 0.2) is 0 Å². The fourth-order valence-corrected chi connectivity index (χ4v) is 1.50. The molecule has 0 aromatic carbocycles. The van der Waals surface area contributed by atoms with Crippen molar-refractivity contribution in [1.82, 2.24) is 0 Å². The van der Waals surface area contributed by atoms with Crippen LogP contribution in [-0.4, -0.2) is 34.0 Å². The highest BCUT2D eigenvalue weighted by Crippen LogP contribution is 2.34. The Bertz CT molecular complexity index is 224. The fraction of sp³-hybridized carbons (Fsp3) is 0.889. The SMILES string of the molecule is CCCCCCOC(=O)CCP(=O)(O)O.O. The highest BCUT2D eigenvalue weighted by Gasteiger charge is 2.15. The van der Waals surface area contributed by atoms with Crippen molar-refractivity contribution in [2.45, 2.75) is 39.0 Å². The second-order valence-corrected chi connectivity index (χ2v) is 5.20. The maximum Gasteiger partial charge on any atom is 0.326 e. The van der Waals surface area contributed by atoms with Crippen LogP contribution in [0.3, 0.4) is 0 Å². The number of carbonyl (C=O) groups excluding carboxylic acids is 1. The molecule has 0 aliphatic carbocycles. The zero-order chi connectivity index (χ0) is 11.7. The van der Waals surface area contributed by atoms with E-state index in [4.69, 9.17) is 14.5 Å². The summed E-state index contributed by atoms with van der Waals surface area (Å²) in [6, 6.07) is 0. The van der Waals surface area contributed by atoms with Crippen molar-refractivity contribution in [1.29, 1.82) is 0 Å². The summed E-state index contributed by atoms with van der Waals surface area (Å²) in [6.07, 6.45) is 3.42. The number of unbranched alkanes of at least 4 members (excludes halogenated alkanes) is 3. The van der Waals surface area contributed by atoms with E-state index in [1.165, 1.54) is 0 Å². The van der Waals surface area contributed by atoms with Gasteiger partial charge in [-0.2, -0.15) is 0 Å². The topological polar surface area (TPSA) is 115 Å². The third-order valence-electron chi connectivity index (χ3n) is 1.87. The van der Waals surface area contributed by atoms with E-state index >= 15 is 0 Å². The summed E-state index contributed by atoms with van der Waals surface area (Å²) in [4.78, 5) is 28.0. The van der Waals surface area contributed by atoms with Crippen molar-refractivity contribution < 1.29 is 29.4 Å². The molecule has 98 valence electrons.